The number of amides is 2. The molecule has 4 rings (SSSR count). The summed E-state index contributed by atoms with van der Waals surface area (Å²) in [5, 5.41) is 14.8. The van der Waals surface area contributed by atoms with E-state index in [0.717, 1.165) is 15.9 Å². The van der Waals surface area contributed by atoms with E-state index in [1.165, 1.54) is 12.3 Å². The maximum Gasteiger partial charge on any atom is 0.254 e. The van der Waals surface area contributed by atoms with Gasteiger partial charge in [-0.25, -0.2) is 0 Å². The third-order valence-electron chi connectivity index (χ3n) is 4.75. The number of aromatic hydroxyl groups is 1. The van der Waals surface area contributed by atoms with Gasteiger partial charge in [0.15, 0.2) is 0 Å². The molecule has 0 radical (unpaired) electrons. The molecule has 1 aromatic rings. The molecule has 3 aliphatic rings. The van der Waals surface area contributed by atoms with Crippen LogP contribution in [0, 0.1) is 23.7 Å². The number of halogens is 1. The molecule has 0 spiro atoms. The maximum absolute atomic E-state index is 12.4. The molecule has 1 saturated heterocycles. The summed E-state index contributed by atoms with van der Waals surface area (Å²) in [4.78, 5) is 24.9. The van der Waals surface area contributed by atoms with Crippen LogP contribution < -0.4 is 0 Å². The topological polar surface area (TPSA) is 70.0 Å². The first kappa shape index (κ1) is 13.7. The number of phenols is 1. The number of fused-ring (bicyclic) bond motifs is 5. The number of carbonyl (C=O) groups excluding carboxylic acids is 2. The second-order valence-corrected chi connectivity index (χ2v) is 6.85. The molecular weight excluding hydrogens is 348 g/mol. The molecule has 2 amide bonds. The van der Waals surface area contributed by atoms with Crippen LogP contribution in [-0.2, 0) is 9.59 Å². The van der Waals surface area contributed by atoms with Gasteiger partial charge in [0, 0.05) is 10.0 Å². The molecule has 1 aliphatic heterocycles. The van der Waals surface area contributed by atoms with E-state index in [-0.39, 0.29) is 41.2 Å². The largest absolute Gasteiger partial charge is 0.507 e. The van der Waals surface area contributed by atoms with Crippen molar-refractivity contribution in [2.24, 2.45) is 28.8 Å². The number of imide groups is 1. The zero-order valence-corrected chi connectivity index (χ0v) is 13.1. The Bertz CT molecular complexity index is 713. The van der Waals surface area contributed by atoms with E-state index in [4.69, 9.17) is 0 Å². The van der Waals surface area contributed by atoms with Crippen molar-refractivity contribution in [2.75, 3.05) is 0 Å². The molecule has 5 nitrogen and oxygen atoms in total. The summed E-state index contributed by atoms with van der Waals surface area (Å²) in [5.74, 6) is -0.563. The average molecular weight is 361 g/mol. The quantitative estimate of drug-likeness (QED) is 0.499. The minimum atomic E-state index is -0.254. The van der Waals surface area contributed by atoms with Crippen LogP contribution in [0.5, 0.6) is 5.75 Å². The van der Waals surface area contributed by atoms with Gasteiger partial charge in [0.05, 0.1) is 18.1 Å². The summed E-state index contributed by atoms with van der Waals surface area (Å²) in [5.41, 5.74) is 0.452. The number of benzene rings is 1. The van der Waals surface area contributed by atoms with Crippen LogP contribution in [0.4, 0.5) is 0 Å². The number of nitrogens with zero attached hydrogens (tertiary/aromatic N) is 2. The van der Waals surface area contributed by atoms with Gasteiger partial charge in [-0.05, 0) is 36.5 Å². The van der Waals surface area contributed by atoms with Gasteiger partial charge in [-0.2, -0.15) is 10.1 Å². The second-order valence-electron chi connectivity index (χ2n) is 5.94. The van der Waals surface area contributed by atoms with E-state index in [0.29, 0.717) is 5.56 Å². The van der Waals surface area contributed by atoms with Crippen molar-refractivity contribution in [1.29, 1.82) is 0 Å². The van der Waals surface area contributed by atoms with E-state index in [1.54, 1.807) is 12.1 Å². The molecule has 1 heterocycles. The van der Waals surface area contributed by atoms with Crippen LogP contribution in [-0.4, -0.2) is 28.1 Å². The molecule has 6 heteroatoms. The fraction of sp³-hybridized carbons (Fsp3) is 0.312. The molecular formula is C16H13BrN2O3. The molecule has 22 heavy (non-hydrogen) atoms. The molecule has 4 atom stereocenters. The first-order chi connectivity index (χ1) is 10.6. The summed E-state index contributed by atoms with van der Waals surface area (Å²) in [6.45, 7) is 0. The monoisotopic (exact) mass is 360 g/mol. The van der Waals surface area contributed by atoms with E-state index in [1.807, 2.05) is 12.2 Å². The minimum Gasteiger partial charge on any atom is -0.507 e. The summed E-state index contributed by atoms with van der Waals surface area (Å²) in [7, 11) is 0. The summed E-state index contributed by atoms with van der Waals surface area (Å²) < 4.78 is 0.782. The Kier molecular flexibility index (Phi) is 2.97. The third-order valence-corrected chi connectivity index (χ3v) is 5.24. The van der Waals surface area contributed by atoms with Gasteiger partial charge in [-0.1, -0.05) is 28.1 Å². The first-order valence-electron chi connectivity index (χ1n) is 7.15. The lowest BCUT2D eigenvalue weighted by Crippen LogP contribution is -2.28. The standard InChI is InChI=1S/C16H13BrN2O3/c17-11-3-4-12(20)10(6-11)7-18-19-15(21)13-8-1-2-9(5-8)14(13)16(19)22/h1-4,6-9,13-14,20H,5H2/b18-7+/t8-,9-,13-,14+/m0/s1. The van der Waals surface area contributed by atoms with Gasteiger partial charge in [-0.15, -0.1) is 0 Å². The molecule has 2 bridgehead atoms. The van der Waals surface area contributed by atoms with Crippen LogP contribution in [0.25, 0.3) is 0 Å². The van der Waals surface area contributed by atoms with Gasteiger partial charge in [-0.3, -0.25) is 9.59 Å². The fourth-order valence-electron chi connectivity index (χ4n) is 3.75. The van der Waals surface area contributed by atoms with Crippen molar-refractivity contribution in [3.05, 3.63) is 40.4 Å². The van der Waals surface area contributed by atoms with Gasteiger partial charge >= 0.3 is 0 Å². The Morgan fingerprint density at radius 1 is 1.18 bits per heavy atom. The van der Waals surface area contributed by atoms with E-state index in [9.17, 15) is 14.7 Å². The Hall–Kier alpha value is -1.95. The molecule has 1 saturated carbocycles. The van der Waals surface area contributed by atoms with Gasteiger partial charge in [0.1, 0.15) is 5.75 Å². The number of phenolic OH excluding ortho intramolecular Hbond substituents is 1. The predicted octanol–water partition coefficient (Wildman–Crippen LogP) is 2.30. The van der Waals surface area contributed by atoms with Crippen molar-refractivity contribution in [1.82, 2.24) is 5.01 Å². The highest BCUT2D eigenvalue weighted by Crippen LogP contribution is 2.52. The van der Waals surface area contributed by atoms with E-state index < -0.39 is 0 Å². The first-order valence-corrected chi connectivity index (χ1v) is 7.94. The van der Waals surface area contributed by atoms with Gasteiger partial charge in [0.2, 0.25) is 0 Å². The van der Waals surface area contributed by atoms with Crippen LogP contribution in [0.3, 0.4) is 0 Å². The summed E-state index contributed by atoms with van der Waals surface area (Å²) >= 11 is 3.31. The number of hydrogen-bond donors (Lipinski definition) is 1. The lowest BCUT2D eigenvalue weighted by molar-refractivity contribution is -0.140. The Morgan fingerprint density at radius 3 is 2.45 bits per heavy atom. The lowest BCUT2D eigenvalue weighted by Gasteiger charge is -2.13. The number of carbonyl (C=O) groups is 2. The second kappa shape index (κ2) is 4.78. The highest BCUT2D eigenvalue weighted by Gasteiger charge is 2.59. The van der Waals surface area contributed by atoms with Crippen LogP contribution in [0.1, 0.15) is 12.0 Å². The fourth-order valence-corrected chi connectivity index (χ4v) is 4.13. The van der Waals surface area contributed by atoms with Crippen LogP contribution in [0.2, 0.25) is 0 Å². The van der Waals surface area contributed by atoms with Crippen molar-refractivity contribution in [2.45, 2.75) is 6.42 Å². The molecule has 2 aliphatic carbocycles. The number of hydrogen-bond acceptors (Lipinski definition) is 4. The zero-order valence-electron chi connectivity index (χ0n) is 11.5. The molecule has 112 valence electrons. The van der Waals surface area contributed by atoms with E-state index >= 15 is 0 Å². The summed E-state index contributed by atoms with van der Waals surface area (Å²) in [6, 6.07) is 4.90. The molecule has 0 aromatic heterocycles. The van der Waals surface area contributed by atoms with E-state index in [2.05, 4.69) is 21.0 Å². The summed E-state index contributed by atoms with van der Waals surface area (Å²) in [6.07, 6.45) is 6.35. The SMILES string of the molecule is O=C1[C@@H]2[C@H](C(=O)N1/N=C/c1cc(Br)ccc1O)[C@H]1C=C[C@H]2C1. The molecule has 1 aromatic carbocycles. The Labute approximate surface area is 135 Å². The Morgan fingerprint density at radius 2 is 1.82 bits per heavy atom. The third kappa shape index (κ3) is 1.86. The lowest BCUT2D eigenvalue weighted by atomic mass is 9.85. The van der Waals surface area contributed by atoms with Crippen molar-refractivity contribution in [3.63, 3.8) is 0 Å². The van der Waals surface area contributed by atoms with Gasteiger partial charge in [0.25, 0.3) is 11.8 Å². The van der Waals surface area contributed by atoms with Gasteiger partial charge < -0.3 is 5.11 Å². The number of rotatable bonds is 2. The maximum atomic E-state index is 12.4. The van der Waals surface area contributed by atoms with Crippen molar-refractivity contribution in [3.8, 4) is 5.75 Å². The molecule has 2 fully saturated rings. The highest BCUT2D eigenvalue weighted by molar-refractivity contribution is 9.10. The smallest absolute Gasteiger partial charge is 0.254 e. The number of allylic oxidation sites excluding steroid dienone is 2. The Balaban J connectivity index is 1.62. The normalized spacial score (nSPS) is 32.5. The predicted molar refractivity (Wildman–Crippen MR) is 83.0 cm³/mol. The van der Waals surface area contributed by atoms with Crippen molar-refractivity contribution < 1.29 is 14.7 Å². The minimum absolute atomic E-state index is 0.0491. The average Bonchev–Trinajstić information content (AvgIpc) is 3.16. The molecule has 1 N–H and O–H groups in total. The highest BCUT2D eigenvalue weighted by atomic mass is 79.9. The van der Waals surface area contributed by atoms with Crippen molar-refractivity contribution >= 4 is 34.0 Å². The molecule has 0 unspecified atom stereocenters. The van der Waals surface area contributed by atoms with Crippen LogP contribution >= 0.6 is 15.9 Å². The van der Waals surface area contributed by atoms with Crippen LogP contribution in [0.15, 0.2) is 39.9 Å². The zero-order chi connectivity index (χ0) is 15.4. The number of hydrazone groups is 1.